The van der Waals surface area contributed by atoms with E-state index in [1.807, 2.05) is 24.3 Å². The molecule has 0 radical (unpaired) electrons. The molecule has 0 N–H and O–H groups in total. The van der Waals surface area contributed by atoms with Gasteiger partial charge in [0, 0.05) is 15.8 Å². The molecule has 0 unspecified atom stereocenters. The van der Waals surface area contributed by atoms with E-state index in [2.05, 4.69) is 28.1 Å². The second-order valence-corrected chi connectivity index (χ2v) is 10.1. The van der Waals surface area contributed by atoms with Crippen molar-refractivity contribution in [3.05, 3.63) is 34.3 Å². The number of Topliss-reactive ketones (excluding diaryl/α,β-unsaturated/α-hetero) is 1. The summed E-state index contributed by atoms with van der Waals surface area (Å²) in [5.74, 6) is 1.55. The SMILES string of the molecule is N#CC1(C#N)[C@@H](C(=O)C23CC4CC(CC(C4)C2)C3)[C@@H]1c1cccc(Br)c1. The average molecular weight is 409 g/mol. The molecule has 5 saturated carbocycles. The van der Waals surface area contributed by atoms with Gasteiger partial charge in [0.2, 0.25) is 0 Å². The third-order valence-electron chi connectivity index (χ3n) is 7.63. The van der Waals surface area contributed by atoms with Gasteiger partial charge in [-0.25, -0.2) is 0 Å². The molecular formula is C22H21BrN2O. The van der Waals surface area contributed by atoms with Gasteiger partial charge in [-0.3, -0.25) is 4.79 Å². The Morgan fingerprint density at radius 3 is 2.12 bits per heavy atom. The summed E-state index contributed by atoms with van der Waals surface area (Å²) in [5, 5.41) is 19.6. The van der Waals surface area contributed by atoms with Crippen LogP contribution >= 0.6 is 15.9 Å². The minimum absolute atomic E-state index is 0.227. The van der Waals surface area contributed by atoms with Crippen molar-refractivity contribution in [2.24, 2.45) is 34.5 Å². The van der Waals surface area contributed by atoms with Gasteiger partial charge in [-0.15, -0.1) is 0 Å². The summed E-state index contributed by atoms with van der Waals surface area (Å²) >= 11 is 3.48. The Labute approximate surface area is 162 Å². The van der Waals surface area contributed by atoms with Crippen molar-refractivity contribution < 1.29 is 4.79 Å². The maximum atomic E-state index is 13.7. The molecule has 3 nitrogen and oxygen atoms in total. The molecule has 5 aliphatic carbocycles. The number of rotatable bonds is 3. The van der Waals surface area contributed by atoms with Gasteiger partial charge in [0.05, 0.1) is 18.1 Å². The zero-order chi connectivity index (χ0) is 18.1. The Morgan fingerprint density at radius 1 is 1.04 bits per heavy atom. The van der Waals surface area contributed by atoms with Crippen molar-refractivity contribution in [2.75, 3.05) is 0 Å². The molecule has 0 saturated heterocycles. The van der Waals surface area contributed by atoms with Crippen LogP contribution in [0.5, 0.6) is 0 Å². The van der Waals surface area contributed by atoms with Crippen molar-refractivity contribution in [1.29, 1.82) is 10.5 Å². The molecule has 26 heavy (non-hydrogen) atoms. The molecule has 0 amide bonds. The van der Waals surface area contributed by atoms with Gasteiger partial charge >= 0.3 is 0 Å². The summed E-state index contributed by atoms with van der Waals surface area (Å²) < 4.78 is 0.924. The van der Waals surface area contributed by atoms with Crippen LogP contribution in [0, 0.1) is 57.2 Å². The fourth-order valence-electron chi connectivity index (χ4n) is 6.95. The zero-order valence-electron chi connectivity index (χ0n) is 14.6. The van der Waals surface area contributed by atoms with E-state index in [9.17, 15) is 15.3 Å². The van der Waals surface area contributed by atoms with E-state index in [1.54, 1.807) is 0 Å². The van der Waals surface area contributed by atoms with Crippen LogP contribution in [0.2, 0.25) is 0 Å². The summed E-state index contributed by atoms with van der Waals surface area (Å²) in [6.07, 6.45) is 6.83. The van der Waals surface area contributed by atoms with Crippen molar-refractivity contribution in [3.8, 4) is 12.1 Å². The van der Waals surface area contributed by atoms with E-state index in [-0.39, 0.29) is 17.1 Å². The Kier molecular flexibility index (Phi) is 3.45. The van der Waals surface area contributed by atoms with Crippen LogP contribution in [0.1, 0.15) is 50.0 Å². The van der Waals surface area contributed by atoms with Crippen LogP contribution in [0.25, 0.3) is 0 Å². The normalized spacial score (nSPS) is 41.3. The lowest BCUT2D eigenvalue weighted by molar-refractivity contribution is -0.145. The first kappa shape index (κ1) is 16.5. The number of ketones is 1. The number of carbonyl (C=O) groups is 1. The van der Waals surface area contributed by atoms with E-state index in [1.165, 1.54) is 19.3 Å². The largest absolute Gasteiger partial charge is 0.299 e. The van der Waals surface area contributed by atoms with E-state index in [4.69, 9.17) is 0 Å². The number of halogens is 1. The highest BCUT2D eigenvalue weighted by Crippen LogP contribution is 2.70. The van der Waals surface area contributed by atoms with Crippen LogP contribution in [0.3, 0.4) is 0 Å². The first-order chi connectivity index (χ1) is 12.5. The number of carbonyl (C=O) groups excluding carboxylic acids is 1. The molecule has 5 fully saturated rings. The molecule has 2 atom stereocenters. The zero-order valence-corrected chi connectivity index (χ0v) is 16.2. The second kappa shape index (κ2) is 5.43. The maximum absolute atomic E-state index is 13.7. The predicted octanol–water partition coefficient (Wildman–Crippen LogP) is 4.98. The molecule has 0 heterocycles. The molecule has 0 aliphatic heterocycles. The molecule has 0 aromatic heterocycles. The summed E-state index contributed by atoms with van der Waals surface area (Å²) in [5.41, 5.74) is -0.495. The Morgan fingerprint density at radius 2 is 1.62 bits per heavy atom. The summed E-state index contributed by atoms with van der Waals surface area (Å²) in [6.45, 7) is 0. The maximum Gasteiger partial charge on any atom is 0.161 e. The van der Waals surface area contributed by atoms with Gasteiger partial charge in [-0.2, -0.15) is 10.5 Å². The number of hydrogen-bond donors (Lipinski definition) is 0. The van der Waals surface area contributed by atoms with Crippen LogP contribution < -0.4 is 0 Å². The van der Waals surface area contributed by atoms with Gasteiger partial charge in [0.25, 0.3) is 0 Å². The molecule has 1 aromatic rings. The lowest BCUT2D eigenvalue weighted by atomic mass is 9.48. The number of benzene rings is 1. The Bertz CT molecular complexity index is 828. The van der Waals surface area contributed by atoms with E-state index in [0.717, 1.165) is 29.3 Å². The third kappa shape index (κ3) is 2.12. The predicted molar refractivity (Wildman–Crippen MR) is 99.6 cm³/mol. The van der Waals surface area contributed by atoms with E-state index >= 15 is 0 Å². The smallest absolute Gasteiger partial charge is 0.161 e. The van der Waals surface area contributed by atoms with Crippen molar-refractivity contribution >= 4 is 21.7 Å². The fraction of sp³-hybridized carbons (Fsp3) is 0.591. The topological polar surface area (TPSA) is 64.7 Å². The van der Waals surface area contributed by atoms with Crippen molar-refractivity contribution in [2.45, 2.75) is 44.4 Å². The molecule has 6 rings (SSSR count). The first-order valence-electron chi connectivity index (χ1n) is 9.63. The average Bonchev–Trinajstić information content (AvgIpc) is 3.29. The van der Waals surface area contributed by atoms with Crippen molar-refractivity contribution in [1.82, 2.24) is 0 Å². The quantitative estimate of drug-likeness (QED) is 0.707. The first-order valence-corrected chi connectivity index (χ1v) is 10.4. The molecule has 1 aromatic carbocycles. The standard InChI is InChI=1S/C22H21BrN2O/c23-17-3-1-2-16(7-17)18-19(22(18,11-24)12-25)20(26)21-8-13-4-14(9-21)6-15(5-13)10-21/h1-3,7,13-15,18-19H,4-6,8-10H2/t13?,14?,15?,18-,19+,21?/m0/s1. The van der Waals surface area contributed by atoms with E-state index in [0.29, 0.717) is 17.8 Å². The number of nitriles is 2. The second-order valence-electron chi connectivity index (χ2n) is 9.17. The fourth-order valence-corrected chi connectivity index (χ4v) is 7.36. The summed E-state index contributed by atoms with van der Waals surface area (Å²) in [6, 6.07) is 12.2. The highest BCUT2D eigenvalue weighted by atomic mass is 79.9. The highest BCUT2D eigenvalue weighted by Gasteiger charge is 2.73. The number of hydrogen-bond acceptors (Lipinski definition) is 3. The van der Waals surface area contributed by atoms with Gasteiger partial charge in [0.1, 0.15) is 5.78 Å². The lowest BCUT2D eigenvalue weighted by Gasteiger charge is -2.56. The summed E-state index contributed by atoms with van der Waals surface area (Å²) in [7, 11) is 0. The van der Waals surface area contributed by atoms with Crippen molar-refractivity contribution in [3.63, 3.8) is 0 Å². The van der Waals surface area contributed by atoms with Crippen LogP contribution in [0.15, 0.2) is 28.7 Å². The van der Waals surface area contributed by atoms with Gasteiger partial charge < -0.3 is 0 Å². The van der Waals surface area contributed by atoms with Crippen LogP contribution in [0.4, 0.5) is 0 Å². The third-order valence-corrected chi connectivity index (χ3v) is 8.12. The van der Waals surface area contributed by atoms with Gasteiger partial charge in [-0.1, -0.05) is 28.1 Å². The number of nitrogens with zero attached hydrogens (tertiary/aromatic N) is 2. The highest BCUT2D eigenvalue weighted by molar-refractivity contribution is 9.10. The van der Waals surface area contributed by atoms with Gasteiger partial charge in [-0.05, 0) is 74.0 Å². The molecule has 132 valence electrons. The Hall–Kier alpha value is -1.65. The van der Waals surface area contributed by atoms with Crippen LogP contribution in [-0.4, -0.2) is 5.78 Å². The Balaban J connectivity index is 1.52. The van der Waals surface area contributed by atoms with E-state index < -0.39 is 11.3 Å². The molecule has 0 spiro atoms. The van der Waals surface area contributed by atoms with Gasteiger partial charge in [0.15, 0.2) is 5.41 Å². The molecule has 5 aliphatic rings. The van der Waals surface area contributed by atoms with Crippen LogP contribution in [-0.2, 0) is 4.79 Å². The molecule has 4 heteroatoms. The minimum Gasteiger partial charge on any atom is -0.299 e. The minimum atomic E-state index is -1.18. The molecule has 4 bridgehead atoms. The lowest BCUT2D eigenvalue weighted by Crippen LogP contribution is -2.50. The monoisotopic (exact) mass is 408 g/mol. The molecular weight excluding hydrogens is 388 g/mol. The summed E-state index contributed by atoms with van der Waals surface area (Å²) in [4.78, 5) is 13.7.